The number of nitrogens with zero attached hydrogens (tertiary/aromatic N) is 2. The third-order valence-corrected chi connectivity index (χ3v) is 8.17. The van der Waals surface area contributed by atoms with E-state index in [2.05, 4.69) is 5.32 Å². The van der Waals surface area contributed by atoms with E-state index in [9.17, 15) is 18.0 Å². The zero-order chi connectivity index (χ0) is 28.8. The molecule has 1 atom stereocenters. The molecule has 0 aliphatic rings. The summed E-state index contributed by atoms with van der Waals surface area (Å²) >= 11 is 6.07. The zero-order valence-corrected chi connectivity index (χ0v) is 24.6. The number of carbonyl (C=O) groups is 2. The second-order valence-electron chi connectivity index (χ2n) is 10.4. The Hall–Kier alpha value is -3.36. The van der Waals surface area contributed by atoms with Gasteiger partial charge in [0, 0.05) is 17.1 Å². The Morgan fingerprint density at radius 2 is 1.51 bits per heavy atom. The van der Waals surface area contributed by atoms with Crippen LogP contribution in [0.15, 0.2) is 83.8 Å². The number of benzene rings is 3. The summed E-state index contributed by atoms with van der Waals surface area (Å²) in [5.74, 6) is -0.802. The fraction of sp³-hybridized carbons (Fsp3) is 0.333. The molecule has 0 saturated heterocycles. The first-order valence-corrected chi connectivity index (χ1v) is 14.6. The number of hydrogen-bond acceptors (Lipinski definition) is 4. The number of hydrogen-bond donors (Lipinski definition) is 1. The molecule has 0 aliphatic carbocycles. The van der Waals surface area contributed by atoms with Crippen molar-refractivity contribution in [2.75, 3.05) is 10.8 Å². The first-order chi connectivity index (χ1) is 18.3. The topological polar surface area (TPSA) is 86.8 Å². The Labute approximate surface area is 236 Å². The summed E-state index contributed by atoms with van der Waals surface area (Å²) in [4.78, 5) is 28.9. The van der Waals surface area contributed by atoms with Crippen LogP contribution in [-0.4, -0.2) is 43.3 Å². The van der Waals surface area contributed by atoms with E-state index in [0.717, 1.165) is 9.87 Å². The standard InChI is InChI=1S/C30H36ClN3O4S/c1-6-26(29(36)32-30(3,4)5)33(20-23-16-18-24(31)19-17-23)28(35)21-34(27-15-11-10-12-22(27)2)39(37,38)25-13-8-7-9-14-25/h7-19,26H,6,20-21H2,1-5H3,(H,32,36)/t26-/m1/s1. The van der Waals surface area contributed by atoms with Gasteiger partial charge in [-0.3, -0.25) is 13.9 Å². The lowest BCUT2D eigenvalue weighted by Gasteiger charge is -2.35. The molecule has 0 unspecified atom stereocenters. The van der Waals surface area contributed by atoms with Gasteiger partial charge in [0.2, 0.25) is 11.8 Å². The van der Waals surface area contributed by atoms with Gasteiger partial charge < -0.3 is 10.2 Å². The van der Waals surface area contributed by atoms with Crippen molar-refractivity contribution in [2.45, 2.75) is 64.1 Å². The molecule has 7 nitrogen and oxygen atoms in total. The van der Waals surface area contributed by atoms with Crippen LogP contribution in [0.5, 0.6) is 0 Å². The summed E-state index contributed by atoms with van der Waals surface area (Å²) in [5, 5.41) is 3.51. The van der Waals surface area contributed by atoms with Gasteiger partial charge in [0.15, 0.2) is 0 Å². The van der Waals surface area contributed by atoms with Gasteiger partial charge in [0.25, 0.3) is 10.0 Å². The number of rotatable bonds is 10. The molecule has 0 aromatic heterocycles. The van der Waals surface area contributed by atoms with Crippen LogP contribution in [0.4, 0.5) is 5.69 Å². The van der Waals surface area contributed by atoms with E-state index >= 15 is 0 Å². The van der Waals surface area contributed by atoms with E-state index < -0.39 is 34.1 Å². The van der Waals surface area contributed by atoms with Crippen LogP contribution in [0.25, 0.3) is 0 Å². The van der Waals surface area contributed by atoms with E-state index in [1.54, 1.807) is 67.6 Å². The lowest BCUT2D eigenvalue weighted by Crippen LogP contribution is -2.55. The molecular weight excluding hydrogens is 534 g/mol. The van der Waals surface area contributed by atoms with E-state index in [4.69, 9.17) is 11.6 Å². The number of carbonyl (C=O) groups excluding carboxylic acids is 2. The Morgan fingerprint density at radius 3 is 2.08 bits per heavy atom. The Kier molecular flexibility index (Phi) is 9.80. The van der Waals surface area contributed by atoms with Crippen LogP contribution in [0.3, 0.4) is 0 Å². The average molecular weight is 570 g/mol. The molecule has 3 aromatic rings. The molecule has 39 heavy (non-hydrogen) atoms. The number of anilines is 1. The van der Waals surface area contributed by atoms with Crippen molar-refractivity contribution in [3.8, 4) is 0 Å². The van der Waals surface area contributed by atoms with Gasteiger partial charge in [-0.2, -0.15) is 0 Å². The molecular formula is C30H36ClN3O4S. The van der Waals surface area contributed by atoms with Gasteiger partial charge in [-0.15, -0.1) is 0 Å². The summed E-state index contributed by atoms with van der Waals surface area (Å²) in [7, 11) is -4.10. The SMILES string of the molecule is CC[C@H](C(=O)NC(C)(C)C)N(Cc1ccc(Cl)cc1)C(=O)CN(c1ccccc1C)S(=O)(=O)c1ccccc1. The molecule has 0 radical (unpaired) electrons. The maximum atomic E-state index is 14.1. The van der Waals surface area contributed by atoms with Crippen LogP contribution in [0.1, 0.15) is 45.2 Å². The molecule has 0 bridgehead atoms. The minimum atomic E-state index is -4.10. The molecule has 9 heteroatoms. The maximum Gasteiger partial charge on any atom is 0.264 e. The van der Waals surface area contributed by atoms with Crippen molar-refractivity contribution in [1.82, 2.24) is 10.2 Å². The molecule has 1 N–H and O–H groups in total. The first kappa shape index (κ1) is 30.2. The summed E-state index contributed by atoms with van der Waals surface area (Å²) in [6, 6.07) is 21.2. The molecule has 0 heterocycles. The van der Waals surface area contributed by atoms with E-state index in [0.29, 0.717) is 22.7 Å². The van der Waals surface area contributed by atoms with Gasteiger partial charge >= 0.3 is 0 Å². The molecule has 0 aliphatic heterocycles. The first-order valence-electron chi connectivity index (χ1n) is 12.8. The monoisotopic (exact) mass is 569 g/mol. The van der Waals surface area contributed by atoms with Crippen molar-refractivity contribution in [1.29, 1.82) is 0 Å². The molecule has 3 aromatic carbocycles. The second kappa shape index (κ2) is 12.7. The van der Waals surface area contributed by atoms with Crippen LogP contribution < -0.4 is 9.62 Å². The average Bonchev–Trinajstić information content (AvgIpc) is 2.88. The van der Waals surface area contributed by atoms with Crippen LogP contribution in [0, 0.1) is 6.92 Å². The van der Waals surface area contributed by atoms with Gasteiger partial charge in [-0.25, -0.2) is 8.42 Å². The highest BCUT2D eigenvalue weighted by Gasteiger charge is 2.34. The lowest BCUT2D eigenvalue weighted by atomic mass is 10.1. The van der Waals surface area contributed by atoms with E-state index in [-0.39, 0.29) is 17.3 Å². The van der Waals surface area contributed by atoms with Gasteiger partial charge in [0.05, 0.1) is 10.6 Å². The summed E-state index contributed by atoms with van der Waals surface area (Å²) < 4.78 is 28.9. The predicted molar refractivity (Wildman–Crippen MR) is 156 cm³/mol. The lowest BCUT2D eigenvalue weighted by molar-refractivity contribution is -0.141. The van der Waals surface area contributed by atoms with Gasteiger partial charge in [-0.1, -0.05) is 67.1 Å². The Balaban J connectivity index is 2.07. The van der Waals surface area contributed by atoms with E-state index in [1.807, 2.05) is 33.8 Å². The number of aryl methyl sites for hydroxylation is 1. The predicted octanol–water partition coefficient (Wildman–Crippen LogP) is 5.57. The smallest absolute Gasteiger partial charge is 0.264 e. The normalized spacial score (nSPS) is 12.5. The zero-order valence-electron chi connectivity index (χ0n) is 23.0. The Morgan fingerprint density at radius 1 is 0.923 bits per heavy atom. The van der Waals surface area contributed by atoms with Crippen LogP contribution in [0.2, 0.25) is 5.02 Å². The van der Waals surface area contributed by atoms with Crippen molar-refractivity contribution in [3.63, 3.8) is 0 Å². The second-order valence-corrected chi connectivity index (χ2v) is 12.7. The number of sulfonamides is 1. The number of nitrogens with one attached hydrogen (secondary N) is 1. The minimum Gasteiger partial charge on any atom is -0.350 e. The minimum absolute atomic E-state index is 0.0721. The highest BCUT2D eigenvalue weighted by Crippen LogP contribution is 2.27. The summed E-state index contributed by atoms with van der Waals surface area (Å²) in [5.41, 5.74) is 1.35. The van der Waals surface area contributed by atoms with E-state index in [1.165, 1.54) is 17.0 Å². The summed E-state index contributed by atoms with van der Waals surface area (Å²) in [6.07, 6.45) is 0.344. The molecule has 208 valence electrons. The third-order valence-electron chi connectivity index (χ3n) is 6.14. The highest BCUT2D eigenvalue weighted by molar-refractivity contribution is 7.92. The number of para-hydroxylation sites is 1. The molecule has 0 saturated carbocycles. The molecule has 0 fully saturated rings. The van der Waals surface area contributed by atoms with Crippen molar-refractivity contribution < 1.29 is 18.0 Å². The summed E-state index contributed by atoms with van der Waals surface area (Å²) in [6.45, 7) is 8.87. The maximum absolute atomic E-state index is 14.1. The largest absolute Gasteiger partial charge is 0.350 e. The quantitative estimate of drug-likeness (QED) is 0.346. The van der Waals surface area contributed by atoms with Crippen LogP contribution in [-0.2, 0) is 26.2 Å². The number of halogens is 1. The van der Waals surface area contributed by atoms with Gasteiger partial charge in [-0.05, 0) is 75.6 Å². The van der Waals surface area contributed by atoms with Crippen molar-refractivity contribution in [3.05, 3.63) is 95.0 Å². The number of amides is 2. The molecule has 2 amide bonds. The fourth-order valence-electron chi connectivity index (χ4n) is 4.24. The third kappa shape index (κ3) is 7.83. The molecule has 3 rings (SSSR count). The molecule has 0 spiro atoms. The Bertz CT molecular complexity index is 1390. The van der Waals surface area contributed by atoms with Crippen LogP contribution >= 0.6 is 11.6 Å². The fourth-order valence-corrected chi connectivity index (χ4v) is 5.86. The van der Waals surface area contributed by atoms with Gasteiger partial charge in [0.1, 0.15) is 12.6 Å². The van der Waals surface area contributed by atoms with Crippen molar-refractivity contribution in [2.24, 2.45) is 0 Å². The van der Waals surface area contributed by atoms with Crippen molar-refractivity contribution >= 4 is 39.1 Å². The highest BCUT2D eigenvalue weighted by atomic mass is 35.5.